The Bertz CT molecular complexity index is 257. The first kappa shape index (κ1) is 9.86. The quantitative estimate of drug-likeness (QED) is 0.686. The highest BCUT2D eigenvalue weighted by Gasteiger charge is 2.35. The topological polar surface area (TPSA) is 32.3 Å². The second-order valence-electron chi connectivity index (χ2n) is 5.69. The van der Waals surface area contributed by atoms with Crippen molar-refractivity contribution in [1.29, 1.82) is 0 Å². The van der Waals surface area contributed by atoms with E-state index in [1.807, 2.05) is 0 Å². The molecule has 2 N–H and O–H groups in total. The zero-order chi connectivity index (χ0) is 10.3. The van der Waals surface area contributed by atoms with Gasteiger partial charge in [0.2, 0.25) is 0 Å². The summed E-state index contributed by atoms with van der Waals surface area (Å²) in [6, 6.07) is 0. The molecule has 0 heterocycles. The van der Waals surface area contributed by atoms with Crippen molar-refractivity contribution in [3.63, 3.8) is 0 Å². The molecule has 0 aliphatic heterocycles. The zero-order valence-corrected chi connectivity index (χ0v) is 9.23. The predicted molar refractivity (Wildman–Crippen MR) is 60.4 cm³/mol. The van der Waals surface area contributed by atoms with Crippen molar-refractivity contribution in [1.82, 2.24) is 5.32 Å². The summed E-state index contributed by atoms with van der Waals surface area (Å²) in [5.74, 6) is 3.40. The number of hydrogen-bond donors (Lipinski definition) is 2. The van der Waals surface area contributed by atoms with Crippen LogP contribution in [0.4, 0.5) is 0 Å². The van der Waals surface area contributed by atoms with Crippen LogP contribution < -0.4 is 5.32 Å². The summed E-state index contributed by atoms with van der Waals surface area (Å²) in [5, 5.41) is 12.8. The number of fused-ring (bicyclic) bond motifs is 2. The van der Waals surface area contributed by atoms with E-state index in [9.17, 15) is 5.11 Å². The molecule has 0 radical (unpaired) electrons. The molecule has 3 unspecified atom stereocenters. The number of aliphatic hydroxyl groups excluding tert-OH is 1. The van der Waals surface area contributed by atoms with Gasteiger partial charge >= 0.3 is 0 Å². The summed E-state index contributed by atoms with van der Waals surface area (Å²) in [6.07, 6.45) is 9.68. The maximum atomic E-state index is 9.18. The van der Waals surface area contributed by atoms with E-state index in [-0.39, 0.29) is 6.10 Å². The molecule has 84 valence electrons. The molecule has 2 saturated carbocycles. The Labute approximate surface area is 91.8 Å². The van der Waals surface area contributed by atoms with Crippen molar-refractivity contribution >= 4 is 0 Å². The van der Waals surface area contributed by atoms with E-state index >= 15 is 0 Å². The van der Waals surface area contributed by atoms with Gasteiger partial charge in [-0.3, -0.25) is 0 Å². The standard InChI is InChI=1S/C13H21NO/c15-13-5-10(6-13)7-14-8-12-4-9-1-2-11(12)3-9/h1-2,9-15H,3-8H2. The minimum Gasteiger partial charge on any atom is -0.393 e. The number of allylic oxidation sites excluding steroid dienone is 2. The van der Waals surface area contributed by atoms with Crippen molar-refractivity contribution in [2.24, 2.45) is 23.7 Å². The second-order valence-corrected chi connectivity index (χ2v) is 5.69. The Balaban J connectivity index is 1.35. The van der Waals surface area contributed by atoms with Crippen LogP contribution in [0.2, 0.25) is 0 Å². The third-order valence-corrected chi connectivity index (χ3v) is 4.47. The number of nitrogens with one attached hydrogen (secondary N) is 1. The summed E-state index contributed by atoms with van der Waals surface area (Å²) in [4.78, 5) is 0. The summed E-state index contributed by atoms with van der Waals surface area (Å²) < 4.78 is 0. The first-order valence-electron chi connectivity index (χ1n) is 6.38. The molecular weight excluding hydrogens is 186 g/mol. The SMILES string of the molecule is OC1CC(CNCC2CC3C=CC2C3)C1. The average Bonchev–Trinajstić information content (AvgIpc) is 2.76. The molecule has 0 spiro atoms. The van der Waals surface area contributed by atoms with Crippen LogP contribution in [0.1, 0.15) is 25.7 Å². The van der Waals surface area contributed by atoms with Crippen LogP contribution >= 0.6 is 0 Å². The summed E-state index contributed by atoms with van der Waals surface area (Å²) >= 11 is 0. The van der Waals surface area contributed by atoms with E-state index in [0.717, 1.165) is 43.1 Å². The van der Waals surface area contributed by atoms with Gasteiger partial charge in [0.1, 0.15) is 0 Å². The van der Waals surface area contributed by atoms with Crippen molar-refractivity contribution in [3.05, 3.63) is 12.2 Å². The van der Waals surface area contributed by atoms with Gasteiger partial charge < -0.3 is 10.4 Å². The molecule has 2 fully saturated rings. The molecule has 3 rings (SSSR count). The smallest absolute Gasteiger partial charge is 0.0546 e. The lowest BCUT2D eigenvalue weighted by atomic mass is 9.82. The molecule has 0 aromatic heterocycles. The van der Waals surface area contributed by atoms with E-state index in [4.69, 9.17) is 0 Å². The van der Waals surface area contributed by atoms with Crippen LogP contribution in [0.3, 0.4) is 0 Å². The van der Waals surface area contributed by atoms with E-state index in [1.165, 1.54) is 19.4 Å². The lowest BCUT2D eigenvalue weighted by molar-refractivity contribution is 0.0426. The van der Waals surface area contributed by atoms with E-state index in [1.54, 1.807) is 0 Å². The highest BCUT2D eigenvalue weighted by Crippen LogP contribution is 2.43. The lowest BCUT2D eigenvalue weighted by Gasteiger charge is -2.32. The van der Waals surface area contributed by atoms with Crippen LogP contribution in [0, 0.1) is 23.7 Å². The average molecular weight is 207 g/mol. The molecule has 2 nitrogen and oxygen atoms in total. The van der Waals surface area contributed by atoms with E-state index < -0.39 is 0 Å². The molecule has 0 amide bonds. The molecule has 2 bridgehead atoms. The monoisotopic (exact) mass is 207 g/mol. The second kappa shape index (κ2) is 3.91. The van der Waals surface area contributed by atoms with Crippen molar-refractivity contribution in [3.8, 4) is 0 Å². The van der Waals surface area contributed by atoms with Crippen LogP contribution in [0.25, 0.3) is 0 Å². The Kier molecular flexibility index (Phi) is 2.57. The molecule has 0 saturated heterocycles. The molecule has 2 heteroatoms. The first-order chi connectivity index (χ1) is 7.31. The highest BCUT2D eigenvalue weighted by atomic mass is 16.3. The molecule has 0 aromatic carbocycles. The number of aliphatic hydroxyl groups is 1. The van der Waals surface area contributed by atoms with Crippen LogP contribution in [0.5, 0.6) is 0 Å². The maximum Gasteiger partial charge on any atom is 0.0546 e. The van der Waals surface area contributed by atoms with Crippen LogP contribution in [-0.2, 0) is 0 Å². The van der Waals surface area contributed by atoms with Gasteiger partial charge in [-0.1, -0.05) is 12.2 Å². The molecule has 3 atom stereocenters. The predicted octanol–water partition coefficient (Wildman–Crippen LogP) is 1.56. The normalized spacial score (nSPS) is 47.1. The van der Waals surface area contributed by atoms with Gasteiger partial charge in [0.25, 0.3) is 0 Å². The maximum absolute atomic E-state index is 9.18. The Morgan fingerprint density at radius 1 is 1.07 bits per heavy atom. The molecule has 3 aliphatic rings. The summed E-state index contributed by atoms with van der Waals surface area (Å²) in [6.45, 7) is 2.31. The van der Waals surface area contributed by atoms with Crippen molar-refractivity contribution in [2.45, 2.75) is 31.8 Å². The van der Waals surface area contributed by atoms with Gasteiger partial charge in [0, 0.05) is 0 Å². The number of hydrogen-bond acceptors (Lipinski definition) is 2. The fourth-order valence-corrected chi connectivity index (χ4v) is 3.47. The van der Waals surface area contributed by atoms with E-state index in [2.05, 4.69) is 17.5 Å². The van der Waals surface area contributed by atoms with Crippen molar-refractivity contribution < 1.29 is 5.11 Å². The minimum absolute atomic E-state index is 0.00206. The first-order valence-corrected chi connectivity index (χ1v) is 6.38. The lowest BCUT2D eigenvalue weighted by Crippen LogP contribution is -2.38. The summed E-state index contributed by atoms with van der Waals surface area (Å²) in [7, 11) is 0. The Morgan fingerprint density at radius 2 is 1.93 bits per heavy atom. The molecule has 0 aromatic rings. The fraction of sp³-hybridized carbons (Fsp3) is 0.846. The van der Waals surface area contributed by atoms with Crippen LogP contribution in [-0.4, -0.2) is 24.3 Å². The molecule has 15 heavy (non-hydrogen) atoms. The van der Waals surface area contributed by atoms with E-state index in [0.29, 0.717) is 0 Å². The van der Waals surface area contributed by atoms with Gasteiger partial charge in [-0.25, -0.2) is 0 Å². The van der Waals surface area contributed by atoms with Crippen molar-refractivity contribution in [2.75, 3.05) is 13.1 Å². The summed E-state index contributed by atoms with van der Waals surface area (Å²) in [5.41, 5.74) is 0. The Hall–Kier alpha value is -0.340. The van der Waals surface area contributed by atoms with Gasteiger partial charge in [-0.15, -0.1) is 0 Å². The van der Waals surface area contributed by atoms with Gasteiger partial charge in [0.15, 0.2) is 0 Å². The van der Waals surface area contributed by atoms with Crippen LogP contribution in [0.15, 0.2) is 12.2 Å². The highest BCUT2D eigenvalue weighted by molar-refractivity contribution is 5.10. The van der Waals surface area contributed by atoms with Gasteiger partial charge in [-0.05, 0) is 62.4 Å². The molecule has 3 aliphatic carbocycles. The fourth-order valence-electron chi connectivity index (χ4n) is 3.47. The minimum atomic E-state index is 0.00206. The number of rotatable bonds is 4. The largest absolute Gasteiger partial charge is 0.393 e. The third-order valence-electron chi connectivity index (χ3n) is 4.47. The Morgan fingerprint density at radius 3 is 2.53 bits per heavy atom. The van der Waals surface area contributed by atoms with Gasteiger partial charge in [0.05, 0.1) is 6.10 Å². The molecular formula is C13H21NO. The third kappa shape index (κ3) is 1.98. The van der Waals surface area contributed by atoms with Gasteiger partial charge in [-0.2, -0.15) is 0 Å². The zero-order valence-electron chi connectivity index (χ0n) is 9.23.